The second-order valence-electron chi connectivity index (χ2n) is 7.23. The summed E-state index contributed by atoms with van der Waals surface area (Å²) < 4.78 is 40.9. The Morgan fingerprint density at radius 1 is 1.13 bits per heavy atom. The molecule has 3 aromatic rings. The van der Waals surface area contributed by atoms with Crippen LogP contribution in [0.3, 0.4) is 0 Å². The molecule has 0 spiro atoms. The number of carbonyl (C=O) groups excluding carboxylic acids is 2. The zero-order valence-corrected chi connectivity index (χ0v) is 16.8. The summed E-state index contributed by atoms with van der Waals surface area (Å²) in [6, 6.07) is 10.9. The van der Waals surface area contributed by atoms with Gasteiger partial charge in [0.1, 0.15) is 11.3 Å². The third-order valence-electron chi connectivity index (χ3n) is 4.95. The predicted octanol–water partition coefficient (Wildman–Crippen LogP) is 4.84. The predicted molar refractivity (Wildman–Crippen MR) is 108 cm³/mol. The van der Waals surface area contributed by atoms with Crippen molar-refractivity contribution in [1.82, 2.24) is 10.3 Å². The van der Waals surface area contributed by atoms with Gasteiger partial charge in [-0.05, 0) is 48.9 Å². The van der Waals surface area contributed by atoms with Crippen LogP contribution in [-0.4, -0.2) is 28.8 Å². The summed E-state index contributed by atoms with van der Waals surface area (Å²) in [5, 5.41) is 3.90. The van der Waals surface area contributed by atoms with Gasteiger partial charge >= 0.3 is 12.4 Å². The number of amides is 3. The number of carbonyl (C=O) groups is 2. The molecule has 1 N–H and O–H groups in total. The van der Waals surface area contributed by atoms with Crippen molar-refractivity contribution in [2.24, 2.45) is 0 Å². The Bertz CT molecular complexity index is 1180. The molecule has 160 valence electrons. The van der Waals surface area contributed by atoms with Gasteiger partial charge in [-0.3, -0.25) is 9.78 Å². The lowest BCUT2D eigenvalue weighted by atomic mass is 9.91. The summed E-state index contributed by atoms with van der Waals surface area (Å²) in [6.07, 6.45) is -3.09. The number of imide groups is 1. The van der Waals surface area contributed by atoms with Gasteiger partial charge in [-0.2, -0.15) is 0 Å². The quantitative estimate of drug-likeness (QED) is 0.578. The van der Waals surface area contributed by atoms with E-state index in [0.29, 0.717) is 10.5 Å². The van der Waals surface area contributed by atoms with E-state index in [-0.39, 0.29) is 12.1 Å². The fourth-order valence-corrected chi connectivity index (χ4v) is 3.79. The molecule has 0 saturated carbocycles. The molecule has 2 aromatic carbocycles. The highest BCUT2D eigenvalue weighted by molar-refractivity contribution is 6.35. The molecule has 1 aromatic heterocycles. The Kier molecular flexibility index (Phi) is 5.01. The minimum absolute atomic E-state index is 0.128. The molecule has 1 saturated heterocycles. The Morgan fingerprint density at radius 2 is 1.84 bits per heavy atom. The number of alkyl halides is 3. The first-order valence-electron chi connectivity index (χ1n) is 9.12. The maximum atomic E-state index is 13.1. The summed E-state index contributed by atoms with van der Waals surface area (Å²) >= 11 is 6.20. The van der Waals surface area contributed by atoms with E-state index < -0.39 is 29.6 Å². The average molecular weight is 450 g/mol. The van der Waals surface area contributed by atoms with E-state index in [9.17, 15) is 22.8 Å². The summed E-state index contributed by atoms with van der Waals surface area (Å²) in [4.78, 5) is 30.9. The third kappa shape index (κ3) is 4.00. The molecule has 6 nitrogen and oxygen atoms in total. The molecule has 31 heavy (non-hydrogen) atoms. The van der Waals surface area contributed by atoms with Crippen molar-refractivity contribution in [2.45, 2.75) is 25.2 Å². The topological polar surface area (TPSA) is 71.5 Å². The van der Waals surface area contributed by atoms with Gasteiger partial charge < -0.3 is 10.1 Å². The lowest BCUT2D eigenvalue weighted by molar-refractivity contribution is -0.274. The Hall–Kier alpha value is -3.33. The number of aromatic nitrogens is 1. The van der Waals surface area contributed by atoms with Gasteiger partial charge in [-0.15, -0.1) is 13.2 Å². The standard InChI is InChI=1S/C21H15ClF3N3O3/c1-20(11-12-9-10-26-17-15(12)3-2-4-16(17)22)18(29)28(19(30)27-20)13-5-7-14(8-6-13)31-21(23,24)25/h2-10H,11H2,1H3,(H,27,30). The molecule has 1 aliphatic rings. The zero-order valence-electron chi connectivity index (χ0n) is 16.0. The fourth-order valence-electron chi connectivity index (χ4n) is 3.57. The van der Waals surface area contributed by atoms with Crippen LogP contribution in [0.1, 0.15) is 12.5 Å². The Morgan fingerprint density at radius 3 is 2.52 bits per heavy atom. The Labute approximate surface area is 179 Å². The van der Waals surface area contributed by atoms with Crippen LogP contribution in [0.4, 0.5) is 23.7 Å². The van der Waals surface area contributed by atoms with Crippen LogP contribution in [0.25, 0.3) is 10.9 Å². The van der Waals surface area contributed by atoms with Gasteiger partial charge in [0.05, 0.1) is 16.2 Å². The van der Waals surface area contributed by atoms with Crippen molar-refractivity contribution < 1.29 is 27.5 Å². The molecule has 0 bridgehead atoms. The molecular formula is C21H15ClF3N3O3. The van der Waals surface area contributed by atoms with Crippen LogP contribution in [0, 0.1) is 0 Å². The summed E-state index contributed by atoms with van der Waals surface area (Å²) in [5.41, 5.74) is 0.205. The number of urea groups is 1. The van der Waals surface area contributed by atoms with Crippen molar-refractivity contribution in [3.05, 3.63) is 65.3 Å². The van der Waals surface area contributed by atoms with Crippen LogP contribution in [0.5, 0.6) is 5.75 Å². The lowest BCUT2D eigenvalue weighted by Crippen LogP contribution is -2.46. The minimum atomic E-state index is -4.84. The van der Waals surface area contributed by atoms with Gasteiger partial charge in [-0.25, -0.2) is 9.69 Å². The zero-order chi connectivity index (χ0) is 22.4. The highest BCUT2D eigenvalue weighted by atomic mass is 35.5. The van der Waals surface area contributed by atoms with Crippen LogP contribution in [0.2, 0.25) is 5.02 Å². The van der Waals surface area contributed by atoms with E-state index in [1.165, 1.54) is 12.1 Å². The van der Waals surface area contributed by atoms with Gasteiger partial charge in [0.25, 0.3) is 5.91 Å². The number of nitrogens with zero attached hydrogens (tertiary/aromatic N) is 2. The second-order valence-corrected chi connectivity index (χ2v) is 7.63. The monoisotopic (exact) mass is 449 g/mol. The number of halogens is 4. The van der Waals surface area contributed by atoms with E-state index in [2.05, 4.69) is 15.0 Å². The first-order valence-corrected chi connectivity index (χ1v) is 9.50. The van der Waals surface area contributed by atoms with Crippen molar-refractivity contribution in [1.29, 1.82) is 0 Å². The van der Waals surface area contributed by atoms with E-state index in [1.807, 2.05) is 6.07 Å². The van der Waals surface area contributed by atoms with E-state index in [1.54, 1.807) is 31.3 Å². The average Bonchev–Trinajstić information content (AvgIpc) is 2.91. The molecular weight excluding hydrogens is 435 g/mol. The molecule has 3 amide bonds. The van der Waals surface area contributed by atoms with E-state index in [0.717, 1.165) is 28.0 Å². The highest BCUT2D eigenvalue weighted by Crippen LogP contribution is 2.32. The number of pyridine rings is 1. The lowest BCUT2D eigenvalue weighted by Gasteiger charge is -2.22. The number of benzene rings is 2. The first-order chi connectivity index (χ1) is 14.6. The number of hydrogen-bond donors (Lipinski definition) is 1. The van der Waals surface area contributed by atoms with Gasteiger partial charge in [-0.1, -0.05) is 23.7 Å². The van der Waals surface area contributed by atoms with Crippen LogP contribution < -0.4 is 15.0 Å². The summed E-state index contributed by atoms with van der Waals surface area (Å²) in [5.74, 6) is -0.986. The number of fused-ring (bicyclic) bond motifs is 1. The minimum Gasteiger partial charge on any atom is -0.406 e. The van der Waals surface area contributed by atoms with Gasteiger partial charge in [0.2, 0.25) is 0 Å². The van der Waals surface area contributed by atoms with Crippen LogP contribution in [0.15, 0.2) is 54.7 Å². The third-order valence-corrected chi connectivity index (χ3v) is 5.25. The molecule has 1 atom stereocenters. The molecule has 1 fully saturated rings. The fraction of sp³-hybridized carbons (Fsp3) is 0.190. The highest BCUT2D eigenvalue weighted by Gasteiger charge is 2.48. The number of rotatable bonds is 4. The van der Waals surface area contributed by atoms with Crippen molar-refractivity contribution in [2.75, 3.05) is 4.90 Å². The summed E-state index contributed by atoms with van der Waals surface area (Å²) in [7, 11) is 0. The molecule has 0 aliphatic carbocycles. The normalized spacial score (nSPS) is 19.1. The number of para-hydroxylation sites is 1. The number of anilines is 1. The first kappa shape index (κ1) is 20.9. The summed E-state index contributed by atoms with van der Waals surface area (Å²) in [6.45, 7) is 1.59. The number of nitrogens with one attached hydrogen (secondary N) is 1. The van der Waals surface area contributed by atoms with Crippen molar-refractivity contribution in [3.8, 4) is 5.75 Å². The molecule has 1 aliphatic heterocycles. The van der Waals surface area contributed by atoms with Gasteiger partial charge in [0.15, 0.2) is 0 Å². The van der Waals surface area contributed by atoms with Crippen molar-refractivity contribution in [3.63, 3.8) is 0 Å². The largest absolute Gasteiger partial charge is 0.573 e. The van der Waals surface area contributed by atoms with E-state index >= 15 is 0 Å². The molecule has 4 rings (SSSR count). The maximum Gasteiger partial charge on any atom is 0.573 e. The molecule has 10 heteroatoms. The number of ether oxygens (including phenoxy) is 1. The van der Waals surface area contributed by atoms with Crippen LogP contribution >= 0.6 is 11.6 Å². The van der Waals surface area contributed by atoms with E-state index in [4.69, 9.17) is 11.6 Å². The van der Waals surface area contributed by atoms with Crippen molar-refractivity contribution >= 4 is 40.1 Å². The van der Waals surface area contributed by atoms with Gasteiger partial charge in [0, 0.05) is 18.0 Å². The smallest absolute Gasteiger partial charge is 0.406 e. The Balaban J connectivity index is 1.61. The second kappa shape index (κ2) is 7.42. The molecule has 1 unspecified atom stereocenters. The molecule has 2 heterocycles. The SMILES string of the molecule is CC1(Cc2ccnc3c(Cl)cccc23)NC(=O)N(c2ccc(OC(F)(F)F)cc2)C1=O. The van der Waals surface area contributed by atoms with Crippen LogP contribution in [-0.2, 0) is 11.2 Å². The molecule has 0 radical (unpaired) electrons. The number of hydrogen-bond acceptors (Lipinski definition) is 4. The maximum absolute atomic E-state index is 13.1.